The Balaban J connectivity index is 1.43. The first-order chi connectivity index (χ1) is 19.0. The first-order valence-corrected chi connectivity index (χ1v) is 13.2. The standard InChI is InChI=1S/C31H37N3O5/c1-24(27-17-9-4-10-18-27)33-30(36)28(34-31(37)39-22-26-15-7-3-8-16-26)19-11-12-20-32-29(35)23-38-21-25-13-5-2-6-14-25/h2-10,13-18,24,28H,11-12,19-23H2,1H3,(H,32,35)(H,33,36)(H,34,37). The predicted molar refractivity (Wildman–Crippen MR) is 150 cm³/mol. The largest absolute Gasteiger partial charge is 0.445 e. The third-order valence-corrected chi connectivity index (χ3v) is 6.07. The van der Waals surface area contributed by atoms with E-state index in [1.54, 1.807) is 0 Å². The summed E-state index contributed by atoms with van der Waals surface area (Å²) in [5.41, 5.74) is 2.83. The first kappa shape index (κ1) is 29.4. The number of carbonyl (C=O) groups is 3. The highest BCUT2D eigenvalue weighted by Crippen LogP contribution is 2.12. The molecule has 0 bridgehead atoms. The molecule has 8 heteroatoms. The zero-order valence-corrected chi connectivity index (χ0v) is 22.3. The van der Waals surface area contributed by atoms with E-state index in [1.165, 1.54) is 0 Å². The van der Waals surface area contributed by atoms with E-state index in [0.29, 0.717) is 32.4 Å². The molecule has 3 N–H and O–H groups in total. The molecule has 0 heterocycles. The molecule has 0 saturated heterocycles. The Morgan fingerprint density at radius 1 is 0.744 bits per heavy atom. The zero-order valence-electron chi connectivity index (χ0n) is 22.3. The number of alkyl carbamates (subject to hydrolysis) is 1. The van der Waals surface area contributed by atoms with Crippen LogP contribution in [0.1, 0.15) is 48.9 Å². The molecule has 0 aromatic heterocycles. The van der Waals surface area contributed by atoms with Crippen LogP contribution in [0.2, 0.25) is 0 Å². The molecule has 0 radical (unpaired) electrons. The van der Waals surface area contributed by atoms with Gasteiger partial charge in [0.15, 0.2) is 0 Å². The Morgan fingerprint density at radius 3 is 1.97 bits per heavy atom. The smallest absolute Gasteiger partial charge is 0.408 e. The second kappa shape index (κ2) is 16.6. The zero-order chi connectivity index (χ0) is 27.7. The van der Waals surface area contributed by atoms with Gasteiger partial charge in [0.1, 0.15) is 19.3 Å². The van der Waals surface area contributed by atoms with E-state index in [-0.39, 0.29) is 31.1 Å². The van der Waals surface area contributed by atoms with Crippen LogP contribution in [0.3, 0.4) is 0 Å². The van der Waals surface area contributed by atoms with E-state index in [9.17, 15) is 14.4 Å². The maximum Gasteiger partial charge on any atom is 0.408 e. The highest BCUT2D eigenvalue weighted by atomic mass is 16.5. The van der Waals surface area contributed by atoms with Crippen molar-refractivity contribution in [3.8, 4) is 0 Å². The maximum atomic E-state index is 13.1. The van der Waals surface area contributed by atoms with E-state index in [2.05, 4.69) is 16.0 Å². The number of unbranched alkanes of at least 4 members (excludes halogenated alkanes) is 1. The maximum absolute atomic E-state index is 13.1. The van der Waals surface area contributed by atoms with Gasteiger partial charge in [-0.15, -0.1) is 0 Å². The summed E-state index contributed by atoms with van der Waals surface area (Å²) < 4.78 is 10.8. The van der Waals surface area contributed by atoms with Gasteiger partial charge in [-0.1, -0.05) is 91.0 Å². The molecule has 0 aliphatic carbocycles. The van der Waals surface area contributed by atoms with Crippen LogP contribution >= 0.6 is 0 Å². The van der Waals surface area contributed by atoms with Gasteiger partial charge in [0.2, 0.25) is 11.8 Å². The molecule has 0 aliphatic heterocycles. The topological polar surface area (TPSA) is 106 Å². The van der Waals surface area contributed by atoms with E-state index in [1.807, 2.05) is 97.9 Å². The van der Waals surface area contributed by atoms with Gasteiger partial charge in [-0.2, -0.15) is 0 Å². The second-order valence-electron chi connectivity index (χ2n) is 9.22. The normalized spacial score (nSPS) is 12.1. The SMILES string of the molecule is CC(NC(=O)C(CCCCNC(=O)COCc1ccccc1)NC(=O)OCc1ccccc1)c1ccccc1. The molecule has 0 spiro atoms. The Kier molecular flexibility index (Phi) is 12.5. The van der Waals surface area contributed by atoms with E-state index in [0.717, 1.165) is 16.7 Å². The summed E-state index contributed by atoms with van der Waals surface area (Å²) in [6.45, 7) is 2.80. The number of carbonyl (C=O) groups excluding carboxylic acids is 3. The molecule has 8 nitrogen and oxygen atoms in total. The molecule has 39 heavy (non-hydrogen) atoms. The third-order valence-electron chi connectivity index (χ3n) is 6.07. The molecular formula is C31H37N3O5. The monoisotopic (exact) mass is 531 g/mol. The molecule has 3 amide bonds. The minimum atomic E-state index is -0.774. The first-order valence-electron chi connectivity index (χ1n) is 13.2. The number of hydrogen-bond donors (Lipinski definition) is 3. The van der Waals surface area contributed by atoms with Crippen LogP contribution in [0.5, 0.6) is 0 Å². The molecule has 0 saturated carbocycles. The van der Waals surface area contributed by atoms with Crippen molar-refractivity contribution in [2.45, 2.75) is 51.5 Å². The van der Waals surface area contributed by atoms with Crippen LogP contribution in [-0.4, -0.2) is 37.1 Å². The molecule has 3 rings (SSSR count). The van der Waals surface area contributed by atoms with Crippen molar-refractivity contribution in [3.63, 3.8) is 0 Å². The minimum Gasteiger partial charge on any atom is -0.445 e. The van der Waals surface area contributed by atoms with Gasteiger partial charge in [0, 0.05) is 6.54 Å². The van der Waals surface area contributed by atoms with Crippen molar-refractivity contribution < 1.29 is 23.9 Å². The van der Waals surface area contributed by atoms with Crippen molar-refractivity contribution in [1.29, 1.82) is 0 Å². The molecule has 2 unspecified atom stereocenters. The molecule has 206 valence electrons. The number of hydrogen-bond acceptors (Lipinski definition) is 5. The lowest BCUT2D eigenvalue weighted by Crippen LogP contribution is -2.47. The van der Waals surface area contributed by atoms with E-state index >= 15 is 0 Å². The number of benzene rings is 3. The summed E-state index contributed by atoms with van der Waals surface area (Å²) in [6.07, 6.45) is 0.995. The van der Waals surface area contributed by atoms with Crippen molar-refractivity contribution >= 4 is 17.9 Å². The molecular weight excluding hydrogens is 494 g/mol. The Hall–Kier alpha value is -4.17. The Morgan fingerprint density at radius 2 is 1.33 bits per heavy atom. The second-order valence-corrected chi connectivity index (χ2v) is 9.22. The average Bonchev–Trinajstić information content (AvgIpc) is 2.96. The number of rotatable bonds is 15. The number of amides is 3. The fourth-order valence-corrected chi connectivity index (χ4v) is 3.90. The Bertz CT molecular complexity index is 1140. The van der Waals surface area contributed by atoms with Gasteiger partial charge in [-0.05, 0) is 42.9 Å². The number of ether oxygens (including phenoxy) is 2. The highest BCUT2D eigenvalue weighted by molar-refractivity contribution is 5.85. The van der Waals surface area contributed by atoms with Crippen LogP contribution in [0, 0.1) is 0 Å². The predicted octanol–water partition coefficient (Wildman–Crippen LogP) is 4.66. The van der Waals surface area contributed by atoms with Crippen LogP contribution in [0.25, 0.3) is 0 Å². The van der Waals surface area contributed by atoms with Crippen LogP contribution in [-0.2, 0) is 32.3 Å². The summed E-state index contributed by atoms with van der Waals surface area (Å²) in [5.74, 6) is -0.485. The van der Waals surface area contributed by atoms with Gasteiger partial charge >= 0.3 is 6.09 Å². The van der Waals surface area contributed by atoms with Crippen molar-refractivity contribution in [3.05, 3.63) is 108 Å². The molecule has 3 aromatic rings. The lowest BCUT2D eigenvalue weighted by molar-refractivity contribution is -0.126. The van der Waals surface area contributed by atoms with Crippen molar-refractivity contribution in [2.24, 2.45) is 0 Å². The van der Waals surface area contributed by atoms with Gasteiger partial charge in [-0.25, -0.2) is 4.79 Å². The van der Waals surface area contributed by atoms with Crippen LogP contribution in [0.4, 0.5) is 4.79 Å². The molecule has 2 atom stereocenters. The van der Waals surface area contributed by atoms with E-state index in [4.69, 9.17) is 9.47 Å². The summed E-state index contributed by atoms with van der Waals surface area (Å²) >= 11 is 0. The highest BCUT2D eigenvalue weighted by Gasteiger charge is 2.23. The number of nitrogens with one attached hydrogen (secondary N) is 3. The van der Waals surface area contributed by atoms with E-state index < -0.39 is 12.1 Å². The third kappa shape index (κ3) is 11.4. The molecule has 3 aromatic carbocycles. The summed E-state index contributed by atoms with van der Waals surface area (Å²) in [6, 6.07) is 27.6. The van der Waals surface area contributed by atoms with Crippen molar-refractivity contribution in [1.82, 2.24) is 16.0 Å². The van der Waals surface area contributed by atoms with Gasteiger partial charge in [-0.3, -0.25) is 9.59 Å². The fraction of sp³-hybridized carbons (Fsp3) is 0.323. The summed E-state index contributed by atoms with van der Waals surface area (Å²) in [5, 5.41) is 8.51. The lowest BCUT2D eigenvalue weighted by Gasteiger charge is -2.21. The lowest BCUT2D eigenvalue weighted by atomic mass is 10.1. The van der Waals surface area contributed by atoms with Crippen LogP contribution < -0.4 is 16.0 Å². The Labute approximate surface area is 230 Å². The summed E-state index contributed by atoms with van der Waals surface area (Å²) in [7, 11) is 0. The quantitative estimate of drug-likeness (QED) is 0.247. The summed E-state index contributed by atoms with van der Waals surface area (Å²) in [4.78, 5) is 37.6. The molecule has 0 aliphatic rings. The van der Waals surface area contributed by atoms with Gasteiger partial charge in [0.05, 0.1) is 12.6 Å². The minimum absolute atomic E-state index is 0.0217. The van der Waals surface area contributed by atoms with Gasteiger partial charge < -0.3 is 25.4 Å². The fourth-order valence-electron chi connectivity index (χ4n) is 3.90. The van der Waals surface area contributed by atoms with Gasteiger partial charge in [0.25, 0.3) is 0 Å². The van der Waals surface area contributed by atoms with Crippen LogP contribution in [0.15, 0.2) is 91.0 Å². The van der Waals surface area contributed by atoms with Crippen molar-refractivity contribution in [2.75, 3.05) is 13.2 Å². The molecule has 0 fully saturated rings. The average molecular weight is 532 g/mol.